The van der Waals surface area contributed by atoms with Gasteiger partial charge in [0.15, 0.2) is 5.82 Å². The van der Waals surface area contributed by atoms with Gasteiger partial charge in [-0.25, -0.2) is 4.39 Å². The van der Waals surface area contributed by atoms with E-state index in [0.29, 0.717) is 17.4 Å². The van der Waals surface area contributed by atoms with Crippen LogP contribution in [0.4, 0.5) is 4.39 Å². The van der Waals surface area contributed by atoms with Crippen LogP contribution in [0.25, 0.3) is 0 Å². The zero-order valence-electron chi connectivity index (χ0n) is 8.63. The summed E-state index contributed by atoms with van der Waals surface area (Å²) in [5.74, 6) is 0.0273. The number of thiol groups is 1. The highest BCUT2D eigenvalue weighted by Gasteiger charge is 2.09. The fraction of sp³-hybridized carbons (Fsp3) is 0.455. The lowest BCUT2D eigenvalue weighted by molar-refractivity contribution is 0.535. The summed E-state index contributed by atoms with van der Waals surface area (Å²) in [7, 11) is 0. The van der Waals surface area contributed by atoms with Gasteiger partial charge < -0.3 is 5.73 Å². The van der Waals surface area contributed by atoms with Crippen LogP contribution in [0.5, 0.6) is 0 Å². The van der Waals surface area contributed by atoms with Crippen LogP contribution in [-0.4, -0.2) is 6.54 Å². The maximum Gasteiger partial charge on any atom is 0.155 e. The second-order valence-electron chi connectivity index (χ2n) is 3.80. The third-order valence-corrected chi connectivity index (χ3v) is 2.91. The first-order chi connectivity index (χ1) is 7.04. The van der Waals surface area contributed by atoms with Gasteiger partial charge in [-0.2, -0.15) is 0 Å². The SMILES string of the molecule is CC(CCN)Cc1cc(S)c(F)c(Cl)c1. The van der Waals surface area contributed by atoms with E-state index in [2.05, 4.69) is 19.6 Å². The number of halogens is 2. The third-order valence-electron chi connectivity index (χ3n) is 2.31. The molecule has 0 saturated heterocycles. The van der Waals surface area contributed by atoms with Gasteiger partial charge in [-0.05, 0) is 43.0 Å². The van der Waals surface area contributed by atoms with Gasteiger partial charge in [-0.15, -0.1) is 12.6 Å². The second-order valence-corrected chi connectivity index (χ2v) is 4.69. The van der Waals surface area contributed by atoms with Crippen molar-refractivity contribution >= 4 is 24.2 Å². The average Bonchev–Trinajstić information content (AvgIpc) is 2.14. The van der Waals surface area contributed by atoms with Crippen molar-refractivity contribution in [1.82, 2.24) is 0 Å². The Labute approximate surface area is 100 Å². The van der Waals surface area contributed by atoms with Gasteiger partial charge in [0.2, 0.25) is 0 Å². The first-order valence-corrected chi connectivity index (χ1v) is 5.74. The molecule has 1 atom stereocenters. The van der Waals surface area contributed by atoms with Crippen molar-refractivity contribution < 1.29 is 4.39 Å². The largest absolute Gasteiger partial charge is 0.330 e. The van der Waals surface area contributed by atoms with E-state index in [4.69, 9.17) is 17.3 Å². The van der Waals surface area contributed by atoms with Crippen LogP contribution in [0.2, 0.25) is 5.02 Å². The zero-order valence-corrected chi connectivity index (χ0v) is 10.3. The fourth-order valence-corrected chi connectivity index (χ4v) is 2.13. The van der Waals surface area contributed by atoms with Gasteiger partial charge in [0.1, 0.15) is 0 Å². The third kappa shape index (κ3) is 3.67. The van der Waals surface area contributed by atoms with Crippen LogP contribution in [0.15, 0.2) is 17.0 Å². The fourth-order valence-electron chi connectivity index (χ4n) is 1.54. The van der Waals surface area contributed by atoms with Crippen LogP contribution < -0.4 is 5.73 Å². The van der Waals surface area contributed by atoms with Gasteiger partial charge >= 0.3 is 0 Å². The van der Waals surface area contributed by atoms with Crippen LogP contribution >= 0.6 is 24.2 Å². The number of nitrogens with two attached hydrogens (primary N) is 1. The quantitative estimate of drug-likeness (QED) is 0.785. The first kappa shape index (κ1) is 12.8. The molecule has 1 nitrogen and oxygen atoms in total. The zero-order chi connectivity index (χ0) is 11.4. The van der Waals surface area contributed by atoms with Gasteiger partial charge in [0.05, 0.1) is 5.02 Å². The summed E-state index contributed by atoms with van der Waals surface area (Å²) in [4.78, 5) is 0.303. The normalized spacial score (nSPS) is 12.9. The van der Waals surface area contributed by atoms with Crippen LogP contribution in [0.1, 0.15) is 18.9 Å². The van der Waals surface area contributed by atoms with E-state index in [0.717, 1.165) is 18.4 Å². The first-order valence-electron chi connectivity index (χ1n) is 4.91. The molecule has 0 heterocycles. The summed E-state index contributed by atoms with van der Waals surface area (Å²) in [6.45, 7) is 2.78. The summed E-state index contributed by atoms with van der Waals surface area (Å²) in [5, 5.41) is 0.137. The minimum absolute atomic E-state index is 0.137. The summed E-state index contributed by atoms with van der Waals surface area (Å²) >= 11 is 9.76. The Hall–Kier alpha value is -0.250. The van der Waals surface area contributed by atoms with E-state index >= 15 is 0 Å². The predicted octanol–water partition coefficient (Wildman–Crippen LogP) is 3.30. The Bertz CT molecular complexity index is 320. The molecular weight excluding hydrogens is 233 g/mol. The molecule has 0 saturated carbocycles. The van der Waals surface area contributed by atoms with E-state index in [1.165, 1.54) is 0 Å². The van der Waals surface area contributed by atoms with Crippen molar-refractivity contribution in [2.75, 3.05) is 6.54 Å². The summed E-state index contributed by atoms with van der Waals surface area (Å²) < 4.78 is 13.2. The molecule has 0 radical (unpaired) electrons. The van der Waals surface area contributed by atoms with Gasteiger partial charge in [-0.3, -0.25) is 0 Å². The monoisotopic (exact) mass is 247 g/mol. The topological polar surface area (TPSA) is 26.0 Å². The number of hydrogen-bond acceptors (Lipinski definition) is 2. The molecule has 0 fully saturated rings. The molecule has 0 aromatic heterocycles. The molecule has 1 unspecified atom stereocenters. The lowest BCUT2D eigenvalue weighted by Crippen LogP contribution is -2.08. The van der Waals surface area contributed by atoms with Gasteiger partial charge in [-0.1, -0.05) is 18.5 Å². The van der Waals surface area contributed by atoms with Crippen molar-refractivity contribution in [3.63, 3.8) is 0 Å². The van der Waals surface area contributed by atoms with Crippen molar-refractivity contribution in [3.8, 4) is 0 Å². The highest BCUT2D eigenvalue weighted by Crippen LogP contribution is 2.25. The number of benzene rings is 1. The minimum atomic E-state index is -0.449. The molecule has 0 aliphatic heterocycles. The smallest absolute Gasteiger partial charge is 0.155 e. The van der Waals surface area contributed by atoms with Crippen LogP contribution in [-0.2, 0) is 6.42 Å². The van der Waals surface area contributed by atoms with Crippen molar-refractivity contribution in [2.24, 2.45) is 11.7 Å². The Balaban J connectivity index is 2.78. The van der Waals surface area contributed by atoms with Crippen LogP contribution in [0.3, 0.4) is 0 Å². The number of hydrogen-bond donors (Lipinski definition) is 2. The highest BCUT2D eigenvalue weighted by atomic mass is 35.5. The lowest BCUT2D eigenvalue weighted by atomic mass is 9.98. The molecule has 0 spiro atoms. The Morgan fingerprint density at radius 3 is 2.73 bits per heavy atom. The molecule has 4 heteroatoms. The highest BCUT2D eigenvalue weighted by molar-refractivity contribution is 7.80. The standard InChI is InChI=1S/C11H15ClFNS/c1-7(2-3-14)4-8-5-9(12)11(13)10(15)6-8/h5-7,15H,2-4,14H2,1H3. The Morgan fingerprint density at radius 2 is 2.20 bits per heavy atom. The van der Waals surface area contributed by atoms with Crippen molar-refractivity contribution in [2.45, 2.75) is 24.7 Å². The molecule has 0 amide bonds. The van der Waals surface area contributed by atoms with Crippen molar-refractivity contribution in [1.29, 1.82) is 0 Å². The molecular formula is C11H15ClFNS. The molecule has 0 aliphatic rings. The molecule has 0 aliphatic carbocycles. The maximum absolute atomic E-state index is 13.2. The Morgan fingerprint density at radius 1 is 1.53 bits per heavy atom. The molecule has 1 aromatic carbocycles. The van der Waals surface area contributed by atoms with Crippen molar-refractivity contribution in [3.05, 3.63) is 28.5 Å². The molecule has 1 aromatic rings. The molecule has 84 valence electrons. The summed E-state index contributed by atoms with van der Waals surface area (Å²) in [5.41, 5.74) is 6.47. The number of rotatable bonds is 4. The molecule has 1 rings (SSSR count). The van der Waals surface area contributed by atoms with Gasteiger partial charge in [0.25, 0.3) is 0 Å². The lowest BCUT2D eigenvalue weighted by Gasteiger charge is -2.11. The molecule has 15 heavy (non-hydrogen) atoms. The van der Waals surface area contributed by atoms with Crippen LogP contribution in [0, 0.1) is 11.7 Å². The predicted molar refractivity (Wildman–Crippen MR) is 65.2 cm³/mol. The average molecular weight is 248 g/mol. The second kappa shape index (κ2) is 5.73. The molecule has 2 N–H and O–H groups in total. The molecule has 0 bridgehead atoms. The van der Waals surface area contributed by atoms with Gasteiger partial charge in [0, 0.05) is 4.90 Å². The van der Waals surface area contributed by atoms with E-state index in [1.807, 2.05) is 0 Å². The Kier molecular flexibility index (Phi) is 4.90. The minimum Gasteiger partial charge on any atom is -0.330 e. The van der Waals surface area contributed by atoms with E-state index < -0.39 is 5.82 Å². The van der Waals surface area contributed by atoms with E-state index in [9.17, 15) is 4.39 Å². The van der Waals surface area contributed by atoms with E-state index in [1.54, 1.807) is 12.1 Å². The summed E-state index contributed by atoms with van der Waals surface area (Å²) in [6.07, 6.45) is 1.81. The maximum atomic E-state index is 13.2. The summed E-state index contributed by atoms with van der Waals surface area (Å²) in [6, 6.07) is 3.38. The van der Waals surface area contributed by atoms with E-state index in [-0.39, 0.29) is 5.02 Å².